The summed E-state index contributed by atoms with van der Waals surface area (Å²) < 4.78 is 0. The molecule has 1 amide bonds. The number of para-hydroxylation sites is 1. The molecule has 1 aromatic rings. The summed E-state index contributed by atoms with van der Waals surface area (Å²) in [6, 6.07) is 4.71. The van der Waals surface area contributed by atoms with Crippen LogP contribution in [0.4, 0.5) is 0 Å². The molecule has 2 rings (SSSR count). The second-order valence-electron chi connectivity index (χ2n) is 2.67. The number of phenolic OH excluding ortho intramolecular Hbond substituents is 1. The molecule has 1 aliphatic rings. The smallest absolute Gasteiger partial charge is 0.285 e. The molecule has 1 aliphatic heterocycles. The Balaban J connectivity index is 2.85. The van der Waals surface area contributed by atoms with Crippen LogP contribution in [-0.4, -0.2) is 17.2 Å². The largest absolute Gasteiger partial charge is 0.506 e. The first kappa shape index (κ1) is 7.88. The van der Waals surface area contributed by atoms with Gasteiger partial charge in [0.2, 0.25) is 0 Å². The lowest BCUT2D eigenvalue weighted by atomic mass is 10.3. The third kappa shape index (κ3) is 1.19. The fourth-order valence-electron chi connectivity index (χ4n) is 1.12. The number of benzene rings is 1. The van der Waals surface area contributed by atoms with Gasteiger partial charge in [-0.15, -0.1) is 0 Å². The second-order valence-corrected chi connectivity index (χ2v) is 2.67. The van der Waals surface area contributed by atoms with Gasteiger partial charge in [0.05, 0.1) is 5.36 Å². The number of hydrogen-bond donors (Lipinski definition) is 2. The Morgan fingerprint density at radius 2 is 2.23 bits per heavy atom. The van der Waals surface area contributed by atoms with Crippen molar-refractivity contribution in [2.45, 2.75) is 6.17 Å². The van der Waals surface area contributed by atoms with Crippen molar-refractivity contribution < 1.29 is 9.90 Å². The Morgan fingerprint density at radius 1 is 1.46 bits per heavy atom. The zero-order valence-electron chi connectivity index (χ0n) is 6.64. The molecule has 5 heteroatoms. The molecule has 0 aromatic heterocycles. The molecular weight excluding hydrogens is 170 g/mol. The fraction of sp³-hybridized carbons (Fsp3) is 0.125. The van der Waals surface area contributed by atoms with Crippen LogP contribution >= 0.6 is 0 Å². The van der Waals surface area contributed by atoms with Gasteiger partial charge >= 0.3 is 0 Å². The predicted molar refractivity (Wildman–Crippen MR) is 43.4 cm³/mol. The monoisotopic (exact) mass is 177 g/mol. The number of phenols is 1. The zero-order valence-corrected chi connectivity index (χ0v) is 6.64. The average molecular weight is 177 g/mol. The standard InChI is InChI=1S/C8H7N3O2/c9-7-8(13)11-6-4(10-7)2-1-3-5(6)12/h1-3,7,12H,9H2. The first-order valence-electron chi connectivity index (χ1n) is 3.72. The minimum Gasteiger partial charge on any atom is -0.506 e. The molecule has 0 radical (unpaired) electrons. The van der Waals surface area contributed by atoms with Gasteiger partial charge in [0, 0.05) is 0 Å². The Labute approximate surface area is 73.2 Å². The number of fused-ring (bicyclic) bond motifs is 1. The van der Waals surface area contributed by atoms with Crippen molar-refractivity contribution in [2.24, 2.45) is 15.7 Å². The first-order valence-corrected chi connectivity index (χ1v) is 3.72. The molecule has 3 N–H and O–H groups in total. The van der Waals surface area contributed by atoms with E-state index < -0.39 is 12.1 Å². The third-order valence-corrected chi connectivity index (χ3v) is 1.75. The number of amides is 1. The topological polar surface area (TPSA) is 88.0 Å². The molecule has 0 fully saturated rings. The maximum atomic E-state index is 11.0. The van der Waals surface area contributed by atoms with Crippen molar-refractivity contribution >= 4 is 5.91 Å². The van der Waals surface area contributed by atoms with Crippen LogP contribution in [-0.2, 0) is 4.79 Å². The van der Waals surface area contributed by atoms with Gasteiger partial charge in [-0.1, -0.05) is 6.07 Å². The van der Waals surface area contributed by atoms with Crippen LogP contribution in [0.5, 0.6) is 5.75 Å². The highest BCUT2D eigenvalue weighted by atomic mass is 16.3. The molecule has 66 valence electrons. The number of nitrogens with two attached hydrogens (primary N) is 1. The van der Waals surface area contributed by atoms with Crippen molar-refractivity contribution in [1.29, 1.82) is 0 Å². The van der Waals surface area contributed by atoms with Crippen molar-refractivity contribution in [2.75, 3.05) is 0 Å². The summed E-state index contributed by atoms with van der Waals surface area (Å²) in [6.45, 7) is 0. The summed E-state index contributed by atoms with van der Waals surface area (Å²) in [4.78, 5) is 18.5. The van der Waals surface area contributed by atoms with Crippen molar-refractivity contribution in [1.82, 2.24) is 0 Å². The summed E-state index contributed by atoms with van der Waals surface area (Å²) in [7, 11) is 0. The molecule has 5 nitrogen and oxygen atoms in total. The van der Waals surface area contributed by atoms with Crippen LogP contribution in [0, 0.1) is 0 Å². The molecule has 0 saturated heterocycles. The molecule has 1 aromatic carbocycles. The van der Waals surface area contributed by atoms with E-state index in [2.05, 4.69) is 9.98 Å². The highest BCUT2D eigenvalue weighted by Crippen LogP contribution is 1.97. The second kappa shape index (κ2) is 2.63. The van der Waals surface area contributed by atoms with E-state index in [0.717, 1.165) is 0 Å². The van der Waals surface area contributed by atoms with Gasteiger partial charge in [0.25, 0.3) is 5.91 Å². The van der Waals surface area contributed by atoms with E-state index in [1.54, 1.807) is 12.1 Å². The lowest BCUT2D eigenvalue weighted by molar-refractivity contribution is -0.119. The third-order valence-electron chi connectivity index (χ3n) is 1.75. The molecule has 13 heavy (non-hydrogen) atoms. The molecule has 0 saturated carbocycles. The summed E-state index contributed by atoms with van der Waals surface area (Å²) in [6.07, 6.45) is -0.936. The Kier molecular flexibility index (Phi) is 1.60. The van der Waals surface area contributed by atoms with E-state index in [1.165, 1.54) is 6.07 Å². The summed E-state index contributed by atoms with van der Waals surface area (Å²) in [5, 5.41) is 9.97. The number of carbonyl (C=O) groups excluding carboxylic acids is 1. The van der Waals surface area contributed by atoms with Crippen molar-refractivity contribution in [3.63, 3.8) is 0 Å². The first-order chi connectivity index (χ1) is 6.18. The lowest BCUT2D eigenvalue weighted by Gasteiger charge is -2.05. The minimum atomic E-state index is -0.936. The van der Waals surface area contributed by atoms with E-state index in [9.17, 15) is 9.90 Å². The van der Waals surface area contributed by atoms with Gasteiger partial charge in [-0.3, -0.25) is 9.79 Å². The van der Waals surface area contributed by atoms with Gasteiger partial charge in [0.15, 0.2) is 6.17 Å². The van der Waals surface area contributed by atoms with Crippen LogP contribution < -0.4 is 16.4 Å². The molecule has 0 bridgehead atoms. The Hall–Kier alpha value is -1.75. The normalized spacial score (nSPS) is 20.1. The van der Waals surface area contributed by atoms with Gasteiger partial charge in [-0.2, -0.15) is 0 Å². The molecular formula is C8H7N3O2. The van der Waals surface area contributed by atoms with Crippen molar-refractivity contribution in [3.05, 3.63) is 28.9 Å². The summed E-state index contributed by atoms with van der Waals surface area (Å²) in [5.74, 6) is -0.587. The van der Waals surface area contributed by atoms with Gasteiger partial charge in [-0.25, -0.2) is 4.99 Å². The number of nitrogens with zero attached hydrogens (tertiary/aromatic N) is 2. The van der Waals surface area contributed by atoms with Crippen LogP contribution in [0.2, 0.25) is 0 Å². The van der Waals surface area contributed by atoms with E-state index in [1.807, 2.05) is 0 Å². The predicted octanol–water partition coefficient (Wildman–Crippen LogP) is -1.54. The quantitative estimate of drug-likeness (QED) is 0.503. The van der Waals surface area contributed by atoms with E-state index in [-0.39, 0.29) is 11.1 Å². The lowest BCUT2D eigenvalue weighted by Crippen LogP contribution is -2.40. The fourth-order valence-corrected chi connectivity index (χ4v) is 1.12. The molecule has 0 spiro atoms. The Bertz CT molecular complexity index is 481. The van der Waals surface area contributed by atoms with Crippen LogP contribution in [0.15, 0.2) is 28.2 Å². The number of aromatic hydroxyl groups is 1. The maximum absolute atomic E-state index is 11.0. The van der Waals surface area contributed by atoms with Gasteiger partial charge < -0.3 is 10.8 Å². The highest BCUT2D eigenvalue weighted by molar-refractivity contribution is 5.82. The highest BCUT2D eigenvalue weighted by Gasteiger charge is 2.15. The molecule has 1 heterocycles. The number of hydrogen-bond acceptors (Lipinski definition) is 4. The molecule has 1 unspecified atom stereocenters. The van der Waals surface area contributed by atoms with Crippen LogP contribution in [0.3, 0.4) is 0 Å². The van der Waals surface area contributed by atoms with E-state index in [0.29, 0.717) is 5.36 Å². The van der Waals surface area contributed by atoms with Crippen LogP contribution in [0.1, 0.15) is 0 Å². The molecule has 0 aliphatic carbocycles. The summed E-state index contributed by atoms with van der Waals surface area (Å²) >= 11 is 0. The number of rotatable bonds is 0. The summed E-state index contributed by atoms with van der Waals surface area (Å²) in [5.41, 5.74) is 5.35. The van der Waals surface area contributed by atoms with Crippen molar-refractivity contribution in [3.8, 4) is 5.75 Å². The van der Waals surface area contributed by atoms with Gasteiger partial charge in [0.1, 0.15) is 11.1 Å². The van der Waals surface area contributed by atoms with E-state index >= 15 is 0 Å². The SMILES string of the molecule is NC1N=c2cccc(O)c2=NC1=O. The Morgan fingerprint density at radius 3 is 3.00 bits per heavy atom. The maximum Gasteiger partial charge on any atom is 0.285 e. The van der Waals surface area contributed by atoms with E-state index in [4.69, 9.17) is 5.73 Å². The minimum absolute atomic E-state index is 0.0542. The zero-order chi connectivity index (χ0) is 9.42. The number of carbonyl (C=O) groups is 1. The average Bonchev–Trinajstić information content (AvgIpc) is 2.09. The molecule has 1 atom stereocenters. The van der Waals surface area contributed by atoms with Gasteiger partial charge in [-0.05, 0) is 12.1 Å². The van der Waals surface area contributed by atoms with Crippen LogP contribution in [0.25, 0.3) is 0 Å².